The van der Waals surface area contributed by atoms with E-state index in [0.717, 1.165) is 18.9 Å². The summed E-state index contributed by atoms with van der Waals surface area (Å²) >= 11 is 0. The first kappa shape index (κ1) is 15.2. The van der Waals surface area contributed by atoms with Crippen molar-refractivity contribution in [2.24, 2.45) is 7.05 Å². The molecular formula is C15H18FN3O2S. The van der Waals surface area contributed by atoms with Crippen LogP contribution in [0.25, 0.3) is 0 Å². The molecule has 1 heterocycles. The Morgan fingerprint density at radius 3 is 2.68 bits per heavy atom. The minimum Gasteiger partial charge on any atom is -0.337 e. The zero-order valence-corrected chi connectivity index (χ0v) is 13.3. The van der Waals surface area contributed by atoms with Gasteiger partial charge in [-0.1, -0.05) is 6.07 Å². The van der Waals surface area contributed by atoms with Crippen LogP contribution in [-0.4, -0.2) is 28.3 Å². The fourth-order valence-corrected chi connectivity index (χ4v) is 3.98. The molecule has 1 aliphatic rings. The van der Waals surface area contributed by atoms with Gasteiger partial charge in [-0.3, -0.25) is 0 Å². The average molecular weight is 323 g/mol. The number of imidazole rings is 1. The standard InChI is InChI=1S/C15H18FN3O2S/c1-11-3-6-13(9-14(11)16)22(20,21)19(12-4-5-12)10-15-17-7-8-18(15)2/h3,6-9,12H,4-5,10H2,1-2H3. The van der Waals surface area contributed by atoms with Gasteiger partial charge < -0.3 is 4.57 Å². The largest absolute Gasteiger partial charge is 0.337 e. The van der Waals surface area contributed by atoms with Gasteiger partial charge in [0.25, 0.3) is 0 Å². The lowest BCUT2D eigenvalue weighted by molar-refractivity contribution is 0.385. The summed E-state index contributed by atoms with van der Waals surface area (Å²) in [5, 5.41) is 0. The summed E-state index contributed by atoms with van der Waals surface area (Å²) in [5.41, 5.74) is 0.432. The normalized spacial score (nSPS) is 15.5. The Balaban J connectivity index is 1.96. The van der Waals surface area contributed by atoms with Crippen molar-refractivity contribution in [1.82, 2.24) is 13.9 Å². The summed E-state index contributed by atoms with van der Waals surface area (Å²) < 4.78 is 42.6. The van der Waals surface area contributed by atoms with Gasteiger partial charge in [0.15, 0.2) is 0 Å². The minimum atomic E-state index is -3.73. The fourth-order valence-electron chi connectivity index (χ4n) is 2.33. The number of hydrogen-bond acceptors (Lipinski definition) is 3. The van der Waals surface area contributed by atoms with E-state index in [1.165, 1.54) is 16.4 Å². The van der Waals surface area contributed by atoms with Crippen LogP contribution in [0.15, 0.2) is 35.5 Å². The van der Waals surface area contributed by atoms with Crippen molar-refractivity contribution < 1.29 is 12.8 Å². The molecule has 22 heavy (non-hydrogen) atoms. The molecule has 0 radical (unpaired) electrons. The zero-order valence-electron chi connectivity index (χ0n) is 12.5. The number of rotatable bonds is 5. The monoisotopic (exact) mass is 323 g/mol. The van der Waals surface area contributed by atoms with Crippen molar-refractivity contribution in [3.05, 3.63) is 47.8 Å². The van der Waals surface area contributed by atoms with Gasteiger partial charge in [-0.2, -0.15) is 4.31 Å². The molecule has 5 nitrogen and oxygen atoms in total. The molecule has 1 saturated carbocycles. The maximum absolute atomic E-state index is 13.7. The molecule has 3 rings (SSSR count). The Morgan fingerprint density at radius 2 is 2.14 bits per heavy atom. The van der Waals surface area contributed by atoms with E-state index in [2.05, 4.69) is 4.98 Å². The van der Waals surface area contributed by atoms with Crippen molar-refractivity contribution in [2.45, 2.75) is 37.2 Å². The summed E-state index contributed by atoms with van der Waals surface area (Å²) in [6.45, 7) is 1.81. The number of benzene rings is 1. The van der Waals surface area contributed by atoms with Crippen LogP contribution in [-0.2, 0) is 23.6 Å². The van der Waals surface area contributed by atoms with Crippen LogP contribution in [0.5, 0.6) is 0 Å². The highest BCUT2D eigenvalue weighted by molar-refractivity contribution is 7.89. The molecule has 1 aliphatic carbocycles. The van der Waals surface area contributed by atoms with Gasteiger partial charge in [-0.25, -0.2) is 17.8 Å². The highest BCUT2D eigenvalue weighted by Crippen LogP contribution is 2.33. The molecule has 1 fully saturated rings. The Bertz CT molecular complexity index is 797. The zero-order chi connectivity index (χ0) is 15.9. The van der Waals surface area contributed by atoms with Crippen LogP contribution in [0.1, 0.15) is 24.2 Å². The van der Waals surface area contributed by atoms with Crippen LogP contribution >= 0.6 is 0 Å². The van der Waals surface area contributed by atoms with Gasteiger partial charge in [0.1, 0.15) is 11.6 Å². The van der Waals surface area contributed by atoms with Crippen molar-refractivity contribution >= 4 is 10.0 Å². The molecular weight excluding hydrogens is 305 g/mol. The summed E-state index contributed by atoms with van der Waals surface area (Å²) in [6.07, 6.45) is 5.08. The lowest BCUT2D eigenvalue weighted by Crippen LogP contribution is -2.33. The summed E-state index contributed by atoms with van der Waals surface area (Å²) in [5.74, 6) is 0.164. The molecule has 118 valence electrons. The molecule has 0 saturated heterocycles. The third kappa shape index (κ3) is 2.78. The van der Waals surface area contributed by atoms with Crippen molar-refractivity contribution in [1.29, 1.82) is 0 Å². The highest BCUT2D eigenvalue weighted by Gasteiger charge is 2.38. The first-order chi connectivity index (χ1) is 10.4. The second-order valence-corrected chi connectivity index (χ2v) is 7.54. The van der Waals surface area contributed by atoms with Crippen LogP contribution in [0.2, 0.25) is 0 Å². The molecule has 2 aromatic rings. The van der Waals surface area contributed by atoms with E-state index in [4.69, 9.17) is 0 Å². The van der Waals surface area contributed by atoms with E-state index in [-0.39, 0.29) is 17.5 Å². The summed E-state index contributed by atoms with van der Waals surface area (Å²) in [7, 11) is -1.90. The number of aromatic nitrogens is 2. The molecule has 0 aliphatic heterocycles. The Labute approximate surface area is 129 Å². The first-order valence-electron chi connectivity index (χ1n) is 7.14. The number of hydrogen-bond donors (Lipinski definition) is 0. The van der Waals surface area contributed by atoms with E-state index < -0.39 is 15.8 Å². The second-order valence-electron chi connectivity index (χ2n) is 5.65. The molecule has 0 bridgehead atoms. The second kappa shape index (κ2) is 5.48. The molecule has 0 amide bonds. The Morgan fingerprint density at radius 1 is 1.41 bits per heavy atom. The average Bonchev–Trinajstić information content (AvgIpc) is 3.22. The van der Waals surface area contributed by atoms with Gasteiger partial charge in [0, 0.05) is 25.5 Å². The maximum Gasteiger partial charge on any atom is 0.243 e. The quantitative estimate of drug-likeness (QED) is 0.848. The lowest BCUT2D eigenvalue weighted by atomic mass is 10.2. The SMILES string of the molecule is Cc1ccc(S(=O)(=O)N(Cc2nccn2C)C2CC2)cc1F. The van der Waals surface area contributed by atoms with Crippen LogP contribution in [0.4, 0.5) is 4.39 Å². The highest BCUT2D eigenvalue weighted by atomic mass is 32.2. The predicted octanol–water partition coefficient (Wildman–Crippen LogP) is 2.22. The number of nitrogens with zero attached hydrogens (tertiary/aromatic N) is 3. The van der Waals surface area contributed by atoms with Gasteiger partial charge in [0.05, 0.1) is 11.4 Å². The van der Waals surface area contributed by atoms with Crippen molar-refractivity contribution in [3.63, 3.8) is 0 Å². The minimum absolute atomic E-state index is 0.00305. The summed E-state index contributed by atoms with van der Waals surface area (Å²) in [6, 6.07) is 4.03. The van der Waals surface area contributed by atoms with Gasteiger partial charge in [-0.05, 0) is 37.5 Å². The molecule has 0 unspecified atom stereocenters. The van der Waals surface area contributed by atoms with Crippen molar-refractivity contribution in [3.8, 4) is 0 Å². The maximum atomic E-state index is 13.7. The molecule has 1 aromatic carbocycles. The van der Waals surface area contributed by atoms with E-state index in [1.807, 2.05) is 7.05 Å². The number of halogens is 1. The smallest absolute Gasteiger partial charge is 0.243 e. The first-order valence-corrected chi connectivity index (χ1v) is 8.58. The van der Waals surface area contributed by atoms with Gasteiger partial charge in [-0.15, -0.1) is 0 Å². The fraction of sp³-hybridized carbons (Fsp3) is 0.400. The van der Waals surface area contributed by atoms with Gasteiger partial charge >= 0.3 is 0 Å². The molecule has 0 N–H and O–H groups in total. The van der Waals surface area contributed by atoms with Gasteiger partial charge in [0.2, 0.25) is 10.0 Å². The summed E-state index contributed by atoms with van der Waals surface area (Å²) in [4.78, 5) is 4.18. The number of aryl methyl sites for hydroxylation is 2. The third-order valence-electron chi connectivity index (χ3n) is 3.92. The van der Waals surface area contributed by atoms with Crippen molar-refractivity contribution in [2.75, 3.05) is 0 Å². The Kier molecular flexibility index (Phi) is 3.78. The molecule has 1 aromatic heterocycles. The molecule has 0 spiro atoms. The lowest BCUT2D eigenvalue weighted by Gasteiger charge is -2.21. The Hall–Kier alpha value is -1.73. The molecule has 7 heteroatoms. The third-order valence-corrected chi connectivity index (χ3v) is 5.82. The topological polar surface area (TPSA) is 55.2 Å². The predicted molar refractivity (Wildman–Crippen MR) is 80.1 cm³/mol. The molecule has 0 atom stereocenters. The van der Waals surface area contributed by atoms with E-state index >= 15 is 0 Å². The number of sulfonamides is 1. The van der Waals surface area contributed by atoms with E-state index in [9.17, 15) is 12.8 Å². The van der Waals surface area contributed by atoms with Crippen LogP contribution in [0.3, 0.4) is 0 Å². The van der Waals surface area contributed by atoms with Crippen LogP contribution in [0, 0.1) is 12.7 Å². The van der Waals surface area contributed by atoms with E-state index in [1.54, 1.807) is 23.9 Å². The van der Waals surface area contributed by atoms with Crippen LogP contribution < -0.4 is 0 Å². The van der Waals surface area contributed by atoms with E-state index in [0.29, 0.717) is 11.4 Å².